The molecule has 2 fully saturated rings. The first-order valence-electron chi connectivity index (χ1n) is 12.1. The molecule has 1 aromatic rings. The molecule has 0 radical (unpaired) electrons. The predicted octanol–water partition coefficient (Wildman–Crippen LogP) is 2.38. The summed E-state index contributed by atoms with van der Waals surface area (Å²) < 4.78 is 38.5. The van der Waals surface area contributed by atoms with Gasteiger partial charge in [0.2, 0.25) is 10.0 Å². The molecule has 0 bridgehead atoms. The number of likely N-dealkylation sites (tertiary alicyclic amines) is 1. The topological polar surface area (TPSA) is 137 Å². The zero-order chi connectivity index (χ0) is 25.9. The number of amides is 1. The van der Waals surface area contributed by atoms with Crippen LogP contribution in [0.1, 0.15) is 42.4 Å². The number of piperidine rings is 1. The molecule has 3 aliphatic heterocycles. The molecular formula is C25H31N3O7S. The zero-order valence-corrected chi connectivity index (χ0v) is 21.1. The molecule has 10 nitrogen and oxygen atoms in total. The first-order valence-corrected chi connectivity index (χ1v) is 13.7. The van der Waals surface area contributed by atoms with Crippen LogP contribution in [0.4, 0.5) is 4.79 Å². The molecule has 36 heavy (non-hydrogen) atoms. The summed E-state index contributed by atoms with van der Waals surface area (Å²) >= 11 is 0. The molecule has 0 aromatic heterocycles. The highest BCUT2D eigenvalue weighted by Gasteiger charge is 2.47. The van der Waals surface area contributed by atoms with Crippen LogP contribution in [-0.2, 0) is 24.3 Å². The third-order valence-corrected chi connectivity index (χ3v) is 9.35. The smallest absolute Gasteiger partial charge is 0.410 e. The molecule has 11 heteroatoms. The molecule has 4 rings (SSSR count). The minimum absolute atomic E-state index is 0.0389. The molecule has 0 spiro atoms. The molecule has 3 aliphatic rings. The Balaban J connectivity index is 1.39. The average Bonchev–Trinajstić information content (AvgIpc) is 3.37. The lowest BCUT2D eigenvalue weighted by atomic mass is 9.80. The Kier molecular flexibility index (Phi) is 7.68. The van der Waals surface area contributed by atoms with Crippen LogP contribution in [0.15, 0.2) is 24.3 Å². The molecular weight excluding hydrogens is 486 g/mol. The minimum Gasteiger partial charge on any atom is -0.481 e. The van der Waals surface area contributed by atoms with Gasteiger partial charge in [0.25, 0.3) is 0 Å². The van der Waals surface area contributed by atoms with E-state index in [0.717, 1.165) is 16.7 Å². The lowest BCUT2D eigenvalue weighted by molar-refractivity contribution is -0.150. The van der Waals surface area contributed by atoms with Crippen LogP contribution in [0, 0.1) is 23.7 Å². The van der Waals surface area contributed by atoms with Gasteiger partial charge in [-0.3, -0.25) is 4.79 Å². The zero-order valence-electron chi connectivity index (χ0n) is 20.3. The highest BCUT2D eigenvalue weighted by atomic mass is 32.2. The summed E-state index contributed by atoms with van der Waals surface area (Å²) in [5.74, 6) is -1.67. The number of benzene rings is 1. The van der Waals surface area contributed by atoms with E-state index in [0.29, 0.717) is 31.6 Å². The second kappa shape index (κ2) is 10.6. The van der Waals surface area contributed by atoms with Crippen molar-refractivity contribution in [2.45, 2.75) is 38.7 Å². The maximum Gasteiger partial charge on any atom is 0.410 e. The number of sulfonamides is 1. The molecule has 0 aliphatic carbocycles. The number of carbonyl (C=O) groups excluding carboxylic acids is 1. The number of nitrogens with zero attached hydrogens (tertiary/aromatic N) is 3. The number of hydrogen-bond donors (Lipinski definition) is 1. The largest absolute Gasteiger partial charge is 0.481 e. The minimum atomic E-state index is -3.86. The van der Waals surface area contributed by atoms with Gasteiger partial charge in [0, 0.05) is 32.6 Å². The van der Waals surface area contributed by atoms with Gasteiger partial charge in [0.05, 0.1) is 36.0 Å². The summed E-state index contributed by atoms with van der Waals surface area (Å²) in [6.07, 6.45) is 2.25. The third kappa shape index (κ3) is 5.56. The second-order valence-corrected chi connectivity index (χ2v) is 11.6. The Hall–Kier alpha value is -2.94. The van der Waals surface area contributed by atoms with Crippen LogP contribution >= 0.6 is 0 Å². The summed E-state index contributed by atoms with van der Waals surface area (Å²) in [5.41, 5.74) is 2.06. The van der Waals surface area contributed by atoms with Gasteiger partial charge >= 0.3 is 12.1 Å². The number of carboxylic acids is 1. The summed E-state index contributed by atoms with van der Waals surface area (Å²) in [5, 5.41) is 19.1. The quantitative estimate of drug-likeness (QED) is 0.607. The number of carboxylic acid groups (broad SMARTS) is 1. The van der Waals surface area contributed by atoms with E-state index in [-0.39, 0.29) is 45.1 Å². The van der Waals surface area contributed by atoms with E-state index in [2.05, 4.69) is 6.07 Å². The molecule has 1 atom stereocenters. The Morgan fingerprint density at radius 3 is 2.58 bits per heavy atom. The van der Waals surface area contributed by atoms with Crippen LogP contribution < -0.4 is 0 Å². The van der Waals surface area contributed by atoms with E-state index in [1.54, 1.807) is 12.1 Å². The van der Waals surface area contributed by atoms with Gasteiger partial charge in [0.15, 0.2) is 0 Å². The summed E-state index contributed by atoms with van der Waals surface area (Å²) in [6.45, 7) is 3.47. The Morgan fingerprint density at radius 1 is 1.28 bits per heavy atom. The normalized spacial score (nSPS) is 22.5. The first-order chi connectivity index (χ1) is 17.1. The van der Waals surface area contributed by atoms with Crippen molar-refractivity contribution in [1.82, 2.24) is 9.21 Å². The van der Waals surface area contributed by atoms with Crippen molar-refractivity contribution in [3.8, 4) is 6.07 Å². The van der Waals surface area contributed by atoms with Gasteiger partial charge in [-0.25, -0.2) is 13.2 Å². The molecule has 0 unspecified atom stereocenters. The summed E-state index contributed by atoms with van der Waals surface area (Å²) in [6, 6.07) is 7.54. The van der Waals surface area contributed by atoms with Crippen molar-refractivity contribution in [3.63, 3.8) is 0 Å². The molecule has 0 saturated carbocycles. The van der Waals surface area contributed by atoms with Crippen LogP contribution in [0.25, 0.3) is 5.57 Å². The Morgan fingerprint density at radius 2 is 2.03 bits per heavy atom. The number of ether oxygens (including phenoxy) is 2. The lowest BCUT2D eigenvalue weighted by Crippen LogP contribution is -2.52. The van der Waals surface area contributed by atoms with E-state index >= 15 is 0 Å². The Labute approximate surface area is 211 Å². The summed E-state index contributed by atoms with van der Waals surface area (Å²) in [4.78, 5) is 26.1. The van der Waals surface area contributed by atoms with E-state index in [4.69, 9.17) is 14.7 Å². The highest BCUT2D eigenvalue weighted by Crippen LogP contribution is 2.36. The number of rotatable bonds is 6. The van der Waals surface area contributed by atoms with Crippen LogP contribution in [-0.4, -0.2) is 86.0 Å². The maximum absolute atomic E-state index is 13.3. The number of aliphatic carboxylic acids is 1. The van der Waals surface area contributed by atoms with Gasteiger partial charge in [-0.2, -0.15) is 9.57 Å². The highest BCUT2D eigenvalue weighted by molar-refractivity contribution is 7.89. The van der Waals surface area contributed by atoms with Crippen molar-refractivity contribution in [1.29, 1.82) is 5.26 Å². The standard InChI is InChI=1S/C25H31N3O7S/c1-18-14-19(15-26)2-3-22(18)20-4-9-28(10-5-20)36(32,33)17-25(23(29)30)7-11-27(12-8-25)24(31)35-21-6-13-34-16-21/h2-4,14,21H,5-13,16-17H2,1H3,(H,29,30)/t21-/m0/s1. The average molecular weight is 518 g/mol. The van der Waals surface area contributed by atoms with Crippen LogP contribution in [0.3, 0.4) is 0 Å². The number of aryl methyl sites for hydroxylation is 1. The van der Waals surface area contributed by atoms with E-state index < -0.39 is 33.3 Å². The summed E-state index contributed by atoms with van der Waals surface area (Å²) in [7, 11) is -3.86. The van der Waals surface area contributed by atoms with Crippen molar-refractivity contribution in [2.24, 2.45) is 5.41 Å². The van der Waals surface area contributed by atoms with Gasteiger partial charge in [0.1, 0.15) is 6.10 Å². The fourth-order valence-electron chi connectivity index (χ4n) is 5.04. The second-order valence-electron chi connectivity index (χ2n) is 9.68. The van der Waals surface area contributed by atoms with Gasteiger partial charge < -0.3 is 19.5 Å². The van der Waals surface area contributed by atoms with Crippen molar-refractivity contribution < 1.29 is 32.6 Å². The van der Waals surface area contributed by atoms with E-state index in [1.807, 2.05) is 19.1 Å². The van der Waals surface area contributed by atoms with E-state index in [9.17, 15) is 23.1 Å². The molecule has 3 heterocycles. The predicted molar refractivity (Wildman–Crippen MR) is 130 cm³/mol. The molecule has 1 aromatic carbocycles. The van der Waals surface area contributed by atoms with Crippen molar-refractivity contribution in [3.05, 3.63) is 41.0 Å². The van der Waals surface area contributed by atoms with Crippen LogP contribution in [0.5, 0.6) is 0 Å². The van der Waals surface area contributed by atoms with Crippen molar-refractivity contribution in [2.75, 3.05) is 45.1 Å². The van der Waals surface area contributed by atoms with E-state index in [1.165, 1.54) is 9.21 Å². The fourth-order valence-corrected chi connectivity index (χ4v) is 7.01. The Bertz CT molecular complexity index is 1190. The first kappa shape index (κ1) is 26.1. The van der Waals surface area contributed by atoms with Gasteiger partial charge in [-0.15, -0.1) is 0 Å². The number of hydrogen-bond acceptors (Lipinski definition) is 7. The molecule has 194 valence electrons. The third-order valence-electron chi connectivity index (χ3n) is 7.31. The lowest BCUT2D eigenvalue weighted by Gasteiger charge is -2.39. The van der Waals surface area contributed by atoms with Gasteiger partial charge in [-0.1, -0.05) is 12.1 Å². The van der Waals surface area contributed by atoms with Gasteiger partial charge in [-0.05, 0) is 55.0 Å². The fraction of sp³-hybridized carbons (Fsp3) is 0.560. The number of carbonyl (C=O) groups is 2. The molecule has 1 N–H and O–H groups in total. The number of nitriles is 1. The monoisotopic (exact) mass is 517 g/mol. The molecule has 2 saturated heterocycles. The van der Waals surface area contributed by atoms with Crippen LogP contribution in [0.2, 0.25) is 0 Å². The van der Waals surface area contributed by atoms with Crippen molar-refractivity contribution >= 4 is 27.7 Å². The maximum atomic E-state index is 13.3. The molecule has 1 amide bonds. The SMILES string of the molecule is Cc1cc(C#N)ccc1C1=CCN(S(=O)(=O)CC2(C(=O)O)CCN(C(=O)O[C@H]3CCOC3)CC2)CC1.